The molecular formula is C16H21N5OS2. The normalized spacial score (nSPS) is 20.8. The van der Waals surface area contributed by atoms with Crippen molar-refractivity contribution in [2.45, 2.75) is 25.4 Å². The summed E-state index contributed by atoms with van der Waals surface area (Å²) in [4.78, 5) is 27.2. The van der Waals surface area contributed by atoms with E-state index in [-0.39, 0.29) is 11.7 Å². The van der Waals surface area contributed by atoms with Crippen molar-refractivity contribution in [2.24, 2.45) is 11.8 Å². The van der Waals surface area contributed by atoms with E-state index in [1.165, 1.54) is 29.5 Å². The highest BCUT2D eigenvalue weighted by Gasteiger charge is 2.23. The molecule has 6 nitrogen and oxygen atoms in total. The van der Waals surface area contributed by atoms with E-state index in [2.05, 4.69) is 39.0 Å². The van der Waals surface area contributed by atoms with Crippen LogP contribution in [-0.4, -0.2) is 39.7 Å². The Morgan fingerprint density at radius 2 is 2.12 bits per heavy atom. The second-order valence-electron chi connectivity index (χ2n) is 6.22. The first-order valence-electron chi connectivity index (χ1n) is 8.00. The van der Waals surface area contributed by atoms with E-state index in [0.717, 1.165) is 18.9 Å². The summed E-state index contributed by atoms with van der Waals surface area (Å²) in [6.07, 6.45) is 4.70. The lowest BCUT2D eigenvalue weighted by molar-refractivity contribution is -0.113. The number of amides is 1. The van der Waals surface area contributed by atoms with Gasteiger partial charge in [-0.2, -0.15) is 0 Å². The Balaban J connectivity index is 1.58. The van der Waals surface area contributed by atoms with Gasteiger partial charge in [-0.1, -0.05) is 25.6 Å². The van der Waals surface area contributed by atoms with Crippen LogP contribution in [0.2, 0.25) is 0 Å². The number of rotatable bonds is 5. The van der Waals surface area contributed by atoms with Gasteiger partial charge in [-0.15, -0.1) is 11.3 Å². The minimum Gasteiger partial charge on any atom is -0.356 e. The molecule has 0 unspecified atom stereocenters. The smallest absolute Gasteiger partial charge is 0.236 e. The predicted octanol–water partition coefficient (Wildman–Crippen LogP) is 3.15. The SMILES string of the molecule is C[C@H]1C[C@H](C)CN(c2ccnc(SCC(=O)Nc3nccs3)n2)C1. The topological polar surface area (TPSA) is 71.0 Å². The number of nitrogens with one attached hydrogen (secondary N) is 1. The number of carbonyl (C=O) groups is 1. The molecule has 1 N–H and O–H groups in total. The predicted molar refractivity (Wildman–Crippen MR) is 98.7 cm³/mol. The summed E-state index contributed by atoms with van der Waals surface area (Å²) in [7, 11) is 0. The molecule has 0 spiro atoms. The Morgan fingerprint density at radius 3 is 2.83 bits per heavy atom. The van der Waals surface area contributed by atoms with Crippen molar-refractivity contribution in [3.05, 3.63) is 23.8 Å². The Morgan fingerprint density at radius 1 is 1.33 bits per heavy atom. The molecule has 1 aliphatic rings. The number of piperidine rings is 1. The van der Waals surface area contributed by atoms with Gasteiger partial charge < -0.3 is 10.2 Å². The van der Waals surface area contributed by atoms with E-state index >= 15 is 0 Å². The molecule has 2 atom stereocenters. The number of thioether (sulfide) groups is 1. The van der Waals surface area contributed by atoms with Gasteiger partial charge >= 0.3 is 0 Å². The van der Waals surface area contributed by atoms with Crippen molar-refractivity contribution in [3.63, 3.8) is 0 Å². The molecule has 0 aliphatic carbocycles. The first-order valence-corrected chi connectivity index (χ1v) is 9.87. The van der Waals surface area contributed by atoms with E-state index < -0.39 is 0 Å². The average Bonchev–Trinajstić information content (AvgIpc) is 3.05. The van der Waals surface area contributed by atoms with Crippen molar-refractivity contribution in [1.29, 1.82) is 0 Å². The largest absolute Gasteiger partial charge is 0.356 e. The minimum atomic E-state index is -0.0934. The standard InChI is InChI=1S/C16H21N5OS2/c1-11-7-12(2)9-21(8-11)13-3-4-17-15(19-13)24-10-14(22)20-16-18-5-6-23-16/h3-6,11-12H,7-10H2,1-2H3,(H,18,20,22)/t11-,12-/m0/s1. The molecule has 3 rings (SSSR count). The highest BCUT2D eigenvalue weighted by Crippen LogP contribution is 2.26. The second kappa shape index (κ2) is 7.94. The van der Waals surface area contributed by atoms with E-state index in [0.29, 0.717) is 22.1 Å². The number of carbonyl (C=O) groups excluding carboxylic acids is 1. The first kappa shape index (κ1) is 17.2. The van der Waals surface area contributed by atoms with Crippen LogP contribution in [0, 0.1) is 11.8 Å². The molecule has 2 aromatic rings. The van der Waals surface area contributed by atoms with Crippen LogP contribution in [0.4, 0.5) is 10.9 Å². The molecule has 24 heavy (non-hydrogen) atoms. The third-order valence-corrected chi connectivity index (χ3v) is 5.37. The highest BCUT2D eigenvalue weighted by molar-refractivity contribution is 7.99. The summed E-state index contributed by atoms with van der Waals surface area (Å²) in [6, 6.07) is 1.95. The monoisotopic (exact) mass is 363 g/mol. The summed E-state index contributed by atoms with van der Waals surface area (Å²) in [5.41, 5.74) is 0. The molecular weight excluding hydrogens is 342 g/mol. The molecule has 0 aromatic carbocycles. The van der Waals surface area contributed by atoms with E-state index in [1.807, 2.05) is 11.4 Å². The van der Waals surface area contributed by atoms with Crippen molar-refractivity contribution < 1.29 is 4.79 Å². The molecule has 1 saturated heterocycles. The van der Waals surface area contributed by atoms with Crippen LogP contribution in [0.25, 0.3) is 0 Å². The quantitative estimate of drug-likeness (QED) is 0.650. The van der Waals surface area contributed by atoms with Crippen LogP contribution in [-0.2, 0) is 4.79 Å². The van der Waals surface area contributed by atoms with Crippen LogP contribution in [0.1, 0.15) is 20.3 Å². The Bertz CT molecular complexity index is 669. The van der Waals surface area contributed by atoms with E-state index in [9.17, 15) is 4.79 Å². The number of hydrogen-bond donors (Lipinski definition) is 1. The maximum atomic E-state index is 11.9. The third-order valence-electron chi connectivity index (χ3n) is 3.82. The number of thiazole rings is 1. The summed E-state index contributed by atoms with van der Waals surface area (Å²) in [6.45, 7) is 6.61. The summed E-state index contributed by atoms with van der Waals surface area (Å²) >= 11 is 2.75. The Labute approximate surface area is 150 Å². The molecule has 0 saturated carbocycles. The molecule has 128 valence electrons. The van der Waals surface area contributed by atoms with E-state index in [4.69, 9.17) is 0 Å². The van der Waals surface area contributed by atoms with Gasteiger partial charge in [-0.05, 0) is 24.3 Å². The van der Waals surface area contributed by atoms with Crippen molar-refractivity contribution in [2.75, 3.05) is 29.1 Å². The number of anilines is 2. The zero-order valence-electron chi connectivity index (χ0n) is 13.8. The molecule has 3 heterocycles. The maximum absolute atomic E-state index is 11.9. The lowest BCUT2D eigenvalue weighted by atomic mass is 9.92. The number of aromatic nitrogens is 3. The molecule has 8 heteroatoms. The highest BCUT2D eigenvalue weighted by atomic mass is 32.2. The maximum Gasteiger partial charge on any atom is 0.236 e. The van der Waals surface area contributed by atoms with Crippen LogP contribution < -0.4 is 10.2 Å². The van der Waals surface area contributed by atoms with E-state index in [1.54, 1.807) is 12.4 Å². The zero-order valence-corrected chi connectivity index (χ0v) is 15.4. The van der Waals surface area contributed by atoms with Crippen LogP contribution in [0.5, 0.6) is 0 Å². The molecule has 1 fully saturated rings. The molecule has 1 aliphatic heterocycles. The fourth-order valence-electron chi connectivity index (χ4n) is 3.00. The number of nitrogens with zero attached hydrogens (tertiary/aromatic N) is 4. The van der Waals surface area contributed by atoms with Gasteiger partial charge in [0.05, 0.1) is 5.75 Å². The Kier molecular flexibility index (Phi) is 5.68. The second-order valence-corrected chi connectivity index (χ2v) is 8.06. The van der Waals surface area contributed by atoms with Crippen LogP contribution in [0.3, 0.4) is 0 Å². The van der Waals surface area contributed by atoms with Crippen LogP contribution in [0.15, 0.2) is 29.0 Å². The van der Waals surface area contributed by atoms with Crippen molar-refractivity contribution in [1.82, 2.24) is 15.0 Å². The lowest BCUT2D eigenvalue weighted by Gasteiger charge is -2.35. The van der Waals surface area contributed by atoms with Gasteiger partial charge in [-0.3, -0.25) is 4.79 Å². The molecule has 2 aromatic heterocycles. The van der Waals surface area contributed by atoms with Gasteiger partial charge in [0.2, 0.25) is 5.91 Å². The van der Waals surface area contributed by atoms with Gasteiger partial charge in [0.25, 0.3) is 0 Å². The summed E-state index contributed by atoms with van der Waals surface area (Å²) in [5.74, 6) is 2.47. The molecule has 1 amide bonds. The summed E-state index contributed by atoms with van der Waals surface area (Å²) in [5, 5.41) is 5.84. The average molecular weight is 364 g/mol. The van der Waals surface area contributed by atoms with Crippen molar-refractivity contribution in [3.8, 4) is 0 Å². The zero-order chi connectivity index (χ0) is 16.9. The minimum absolute atomic E-state index is 0.0934. The third kappa shape index (κ3) is 4.67. The van der Waals surface area contributed by atoms with Crippen molar-refractivity contribution >= 4 is 40.0 Å². The first-order chi connectivity index (χ1) is 11.6. The lowest BCUT2D eigenvalue weighted by Crippen LogP contribution is -2.39. The molecule has 0 bridgehead atoms. The molecule has 0 radical (unpaired) electrons. The number of hydrogen-bond acceptors (Lipinski definition) is 7. The van der Waals surface area contributed by atoms with Crippen LogP contribution >= 0.6 is 23.1 Å². The van der Waals surface area contributed by atoms with Gasteiger partial charge in [-0.25, -0.2) is 15.0 Å². The summed E-state index contributed by atoms with van der Waals surface area (Å²) < 4.78 is 0. The van der Waals surface area contributed by atoms with Gasteiger partial charge in [0.15, 0.2) is 10.3 Å². The van der Waals surface area contributed by atoms with Gasteiger partial charge in [0, 0.05) is 30.9 Å². The fourth-order valence-corrected chi connectivity index (χ4v) is 4.17. The van der Waals surface area contributed by atoms with Gasteiger partial charge in [0.1, 0.15) is 5.82 Å². The fraction of sp³-hybridized carbons (Fsp3) is 0.500. The Hall–Kier alpha value is -1.67.